The molecule has 0 bridgehead atoms. The lowest BCUT2D eigenvalue weighted by molar-refractivity contribution is 0.293. The zero-order valence-electron chi connectivity index (χ0n) is 6.67. The molecule has 1 atom stereocenters. The van der Waals surface area contributed by atoms with Crippen molar-refractivity contribution in [3.8, 4) is 6.19 Å². The molecule has 0 aromatic rings. The van der Waals surface area contributed by atoms with Gasteiger partial charge in [-0.3, -0.25) is 0 Å². The van der Waals surface area contributed by atoms with Crippen LogP contribution in [-0.4, -0.2) is 17.5 Å². The average molecular weight is 138 g/mol. The van der Waals surface area contributed by atoms with Gasteiger partial charge in [0.15, 0.2) is 6.19 Å². The van der Waals surface area contributed by atoms with Crippen LogP contribution in [0.5, 0.6) is 0 Å². The highest BCUT2D eigenvalue weighted by atomic mass is 15.1. The lowest BCUT2D eigenvalue weighted by Gasteiger charge is -2.20. The van der Waals surface area contributed by atoms with Crippen molar-refractivity contribution in [2.24, 2.45) is 5.92 Å². The Morgan fingerprint density at radius 1 is 1.70 bits per heavy atom. The van der Waals surface area contributed by atoms with Crippen LogP contribution >= 0.6 is 0 Å². The van der Waals surface area contributed by atoms with Crippen LogP contribution in [0.1, 0.15) is 26.7 Å². The molecular weight excluding hydrogens is 124 g/mol. The number of nitrogens with zero attached hydrogens (tertiary/aromatic N) is 2. The van der Waals surface area contributed by atoms with Crippen LogP contribution in [0.25, 0.3) is 0 Å². The van der Waals surface area contributed by atoms with Crippen molar-refractivity contribution in [3.05, 3.63) is 0 Å². The van der Waals surface area contributed by atoms with Crippen molar-refractivity contribution in [3.63, 3.8) is 0 Å². The first-order chi connectivity index (χ1) is 4.79. The van der Waals surface area contributed by atoms with Crippen LogP contribution in [0.15, 0.2) is 0 Å². The van der Waals surface area contributed by atoms with E-state index in [9.17, 15) is 0 Å². The molecule has 0 saturated heterocycles. The predicted molar refractivity (Wildman–Crippen MR) is 40.2 cm³/mol. The normalized spacial score (nSPS) is 19.7. The van der Waals surface area contributed by atoms with Gasteiger partial charge in [0.25, 0.3) is 0 Å². The summed E-state index contributed by atoms with van der Waals surface area (Å²) >= 11 is 0. The maximum Gasteiger partial charge on any atom is 0.179 e. The fourth-order valence-corrected chi connectivity index (χ4v) is 1.28. The van der Waals surface area contributed by atoms with Gasteiger partial charge in [-0.1, -0.05) is 0 Å². The lowest BCUT2D eigenvalue weighted by Crippen LogP contribution is -2.29. The molecule has 1 aliphatic carbocycles. The number of hydrogen-bond donors (Lipinski definition) is 0. The predicted octanol–water partition coefficient (Wildman–Crippen LogP) is 1.59. The van der Waals surface area contributed by atoms with E-state index < -0.39 is 0 Å². The van der Waals surface area contributed by atoms with Crippen LogP contribution in [0, 0.1) is 17.4 Å². The number of rotatable bonds is 3. The Labute approximate surface area is 62.4 Å². The van der Waals surface area contributed by atoms with E-state index in [1.807, 2.05) is 11.8 Å². The molecule has 10 heavy (non-hydrogen) atoms. The standard InChI is InChI=1S/C8H14N2/c1-3-10(6-9)7(2)8-4-5-8/h7-8H,3-5H2,1-2H3. The van der Waals surface area contributed by atoms with Crippen molar-refractivity contribution in [1.82, 2.24) is 4.90 Å². The molecule has 1 unspecified atom stereocenters. The molecule has 1 fully saturated rings. The zero-order valence-corrected chi connectivity index (χ0v) is 6.67. The average Bonchev–Trinajstić information content (AvgIpc) is 2.71. The van der Waals surface area contributed by atoms with E-state index >= 15 is 0 Å². The first-order valence-corrected chi connectivity index (χ1v) is 3.96. The third-order valence-corrected chi connectivity index (χ3v) is 2.26. The second-order valence-corrected chi connectivity index (χ2v) is 2.96. The molecule has 0 heterocycles. The maximum atomic E-state index is 8.65. The summed E-state index contributed by atoms with van der Waals surface area (Å²) in [6.45, 7) is 5.03. The summed E-state index contributed by atoms with van der Waals surface area (Å²) < 4.78 is 0. The highest BCUT2D eigenvalue weighted by molar-refractivity contribution is 4.89. The minimum Gasteiger partial charge on any atom is -0.308 e. The van der Waals surface area contributed by atoms with Gasteiger partial charge < -0.3 is 4.90 Å². The number of hydrogen-bond acceptors (Lipinski definition) is 2. The first-order valence-electron chi connectivity index (χ1n) is 3.96. The summed E-state index contributed by atoms with van der Waals surface area (Å²) in [5.41, 5.74) is 0. The molecule has 0 aromatic heterocycles. The molecule has 0 aliphatic heterocycles. The lowest BCUT2D eigenvalue weighted by atomic mass is 10.2. The summed E-state index contributed by atoms with van der Waals surface area (Å²) in [6, 6.07) is 0.481. The SMILES string of the molecule is CCN(C#N)C(C)C1CC1. The third-order valence-electron chi connectivity index (χ3n) is 2.26. The molecule has 1 aliphatic rings. The van der Waals surface area contributed by atoms with Gasteiger partial charge >= 0.3 is 0 Å². The van der Waals surface area contributed by atoms with E-state index in [1.54, 1.807) is 0 Å². The van der Waals surface area contributed by atoms with Crippen molar-refractivity contribution in [1.29, 1.82) is 5.26 Å². The molecule has 56 valence electrons. The Hall–Kier alpha value is -0.710. The number of nitriles is 1. The minimum absolute atomic E-state index is 0.481. The van der Waals surface area contributed by atoms with Crippen LogP contribution in [-0.2, 0) is 0 Å². The summed E-state index contributed by atoms with van der Waals surface area (Å²) in [6.07, 6.45) is 4.84. The van der Waals surface area contributed by atoms with Gasteiger partial charge in [-0.15, -0.1) is 0 Å². The Morgan fingerprint density at radius 3 is 2.60 bits per heavy atom. The topological polar surface area (TPSA) is 27.0 Å². The van der Waals surface area contributed by atoms with Gasteiger partial charge in [0, 0.05) is 12.6 Å². The van der Waals surface area contributed by atoms with Gasteiger partial charge in [-0.05, 0) is 32.6 Å². The van der Waals surface area contributed by atoms with Gasteiger partial charge in [-0.25, -0.2) is 0 Å². The van der Waals surface area contributed by atoms with Gasteiger partial charge in [0.1, 0.15) is 0 Å². The third kappa shape index (κ3) is 1.41. The second-order valence-electron chi connectivity index (χ2n) is 2.96. The van der Waals surface area contributed by atoms with Crippen LogP contribution < -0.4 is 0 Å². The second kappa shape index (κ2) is 2.92. The molecule has 0 aromatic carbocycles. The molecule has 1 saturated carbocycles. The Morgan fingerprint density at radius 2 is 2.30 bits per heavy atom. The quantitative estimate of drug-likeness (QED) is 0.437. The smallest absolute Gasteiger partial charge is 0.179 e. The molecular formula is C8H14N2. The maximum absolute atomic E-state index is 8.65. The Balaban J connectivity index is 2.37. The van der Waals surface area contributed by atoms with E-state index in [-0.39, 0.29) is 0 Å². The molecule has 0 N–H and O–H groups in total. The largest absolute Gasteiger partial charge is 0.308 e. The highest BCUT2D eigenvalue weighted by Crippen LogP contribution is 2.34. The summed E-state index contributed by atoms with van der Waals surface area (Å²) in [5.74, 6) is 0.805. The van der Waals surface area contributed by atoms with Crippen LogP contribution in [0.2, 0.25) is 0 Å². The molecule has 0 spiro atoms. The summed E-state index contributed by atoms with van der Waals surface area (Å²) in [7, 11) is 0. The van der Waals surface area contributed by atoms with Crippen molar-refractivity contribution < 1.29 is 0 Å². The molecule has 2 heteroatoms. The molecule has 1 rings (SSSR count). The van der Waals surface area contributed by atoms with E-state index in [1.165, 1.54) is 12.8 Å². The molecule has 2 nitrogen and oxygen atoms in total. The van der Waals surface area contributed by atoms with Gasteiger partial charge in [0.05, 0.1) is 0 Å². The van der Waals surface area contributed by atoms with Crippen LogP contribution in [0.4, 0.5) is 0 Å². The first kappa shape index (κ1) is 7.40. The van der Waals surface area contributed by atoms with Gasteiger partial charge in [-0.2, -0.15) is 5.26 Å². The Bertz CT molecular complexity index is 144. The van der Waals surface area contributed by atoms with E-state index in [0.717, 1.165) is 12.5 Å². The van der Waals surface area contributed by atoms with E-state index in [4.69, 9.17) is 5.26 Å². The molecule has 0 radical (unpaired) electrons. The van der Waals surface area contributed by atoms with Crippen molar-refractivity contribution >= 4 is 0 Å². The van der Waals surface area contributed by atoms with Crippen LogP contribution in [0.3, 0.4) is 0 Å². The molecule has 0 amide bonds. The summed E-state index contributed by atoms with van der Waals surface area (Å²) in [5, 5.41) is 8.65. The minimum atomic E-state index is 0.481. The fraction of sp³-hybridized carbons (Fsp3) is 0.875. The van der Waals surface area contributed by atoms with Gasteiger partial charge in [0.2, 0.25) is 0 Å². The van der Waals surface area contributed by atoms with E-state index in [0.29, 0.717) is 6.04 Å². The fourth-order valence-electron chi connectivity index (χ4n) is 1.28. The summed E-state index contributed by atoms with van der Waals surface area (Å²) in [4.78, 5) is 1.86. The highest BCUT2D eigenvalue weighted by Gasteiger charge is 2.30. The monoisotopic (exact) mass is 138 g/mol. The van der Waals surface area contributed by atoms with Crippen molar-refractivity contribution in [2.75, 3.05) is 6.54 Å². The van der Waals surface area contributed by atoms with Crippen molar-refractivity contribution in [2.45, 2.75) is 32.7 Å². The zero-order chi connectivity index (χ0) is 7.56. The Kier molecular flexibility index (Phi) is 2.16. The van der Waals surface area contributed by atoms with E-state index in [2.05, 4.69) is 13.1 Å².